The maximum Gasteiger partial charge on any atom is 0.336 e. The van der Waals surface area contributed by atoms with E-state index < -0.39 is 11.9 Å². The number of halogens is 1. The molecule has 40 heavy (non-hydrogen) atoms. The number of amides is 2. The predicted octanol–water partition coefficient (Wildman–Crippen LogP) is 5.11. The highest BCUT2D eigenvalue weighted by molar-refractivity contribution is 6.30. The summed E-state index contributed by atoms with van der Waals surface area (Å²) in [7, 11) is 0. The smallest absolute Gasteiger partial charge is 0.336 e. The molecule has 8 nitrogen and oxygen atoms in total. The molecule has 2 amide bonds. The molecule has 0 saturated carbocycles. The Bertz CT molecular complexity index is 1320. The first kappa shape index (κ1) is 29.3. The monoisotopic (exact) mass is 566 g/mol. The molecule has 2 aliphatic rings. The summed E-state index contributed by atoms with van der Waals surface area (Å²) in [5.41, 5.74) is 2.95. The zero-order valence-corrected chi connectivity index (χ0v) is 23.9. The second kappa shape index (κ2) is 13.1. The molecule has 0 aliphatic carbocycles. The molecule has 1 fully saturated rings. The van der Waals surface area contributed by atoms with Gasteiger partial charge in [-0.3, -0.25) is 14.4 Å². The molecule has 1 saturated heterocycles. The number of esters is 2. The largest absolute Gasteiger partial charge is 0.466 e. The molecule has 2 unspecified atom stereocenters. The Morgan fingerprint density at radius 1 is 1.02 bits per heavy atom. The van der Waals surface area contributed by atoms with E-state index in [1.165, 1.54) is 0 Å². The third-order valence-electron chi connectivity index (χ3n) is 7.41. The zero-order chi connectivity index (χ0) is 28.8. The maximum absolute atomic E-state index is 13.4. The summed E-state index contributed by atoms with van der Waals surface area (Å²) in [6.07, 6.45) is 1.52. The van der Waals surface area contributed by atoms with Gasteiger partial charge in [-0.05, 0) is 69.0 Å². The molecule has 4 rings (SSSR count). The van der Waals surface area contributed by atoms with Crippen molar-refractivity contribution in [1.82, 2.24) is 9.80 Å². The molecule has 0 bridgehead atoms. The van der Waals surface area contributed by atoms with Gasteiger partial charge in [-0.1, -0.05) is 35.9 Å². The Balaban J connectivity index is 1.58. The molecule has 9 heteroatoms. The summed E-state index contributed by atoms with van der Waals surface area (Å²) in [6, 6.07) is 14.3. The van der Waals surface area contributed by atoms with E-state index in [-0.39, 0.29) is 43.3 Å². The van der Waals surface area contributed by atoms with Crippen molar-refractivity contribution in [2.45, 2.75) is 52.5 Å². The highest BCUT2D eigenvalue weighted by Gasteiger charge is 2.37. The number of carbonyl (C=O) groups is 4. The van der Waals surface area contributed by atoms with Gasteiger partial charge < -0.3 is 19.3 Å². The van der Waals surface area contributed by atoms with Gasteiger partial charge in [-0.25, -0.2) is 4.79 Å². The van der Waals surface area contributed by atoms with Crippen LogP contribution in [0.15, 0.2) is 59.8 Å². The van der Waals surface area contributed by atoms with E-state index >= 15 is 0 Å². The molecule has 0 N–H and O–H groups in total. The van der Waals surface area contributed by atoms with Crippen molar-refractivity contribution in [3.63, 3.8) is 0 Å². The number of nitrogens with zero attached hydrogens (tertiary/aromatic N) is 2. The predicted molar refractivity (Wildman–Crippen MR) is 150 cm³/mol. The third kappa shape index (κ3) is 6.55. The second-order valence-electron chi connectivity index (χ2n) is 10.1. The summed E-state index contributed by atoms with van der Waals surface area (Å²) >= 11 is 6.21. The van der Waals surface area contributed by atoms with Gasteiger partial charge in [0.1, 0.15) is 0 Å². The fourth-order valence-electron chi connectivity index (χ4n) is 5.47. The average molecular weight is 567 g/mol. The van der Waals surface area contributed by atoms with Gasteiger partial charge in [0.05, 0.1) is 31.2 Å². The van der Waals surface area contributed by atoms with E-state index in [9.17, 15) is 19.2 Å². The highest BCUT2D eigenvalue weighted by Crippen LogP contribution is 2.38. The quantitative estimate of drug-likeness (QED) is 0.412. The van der Waals surface area contributed by atoms with Crippen molar-refractivity contribution in [2.24, 2.45) is 5.92 Å². The number of carbonyl (C=O) groups excluding carboxylic acids is 4. The lowest BCUT2D eigenvalue weighted by molar-refractivity contribution is -0.149. The molecule has 0 spiro atoms. The van der Waals surface area contributed by atoms with Gasteiger partial charge in [0.25, 0.3) is 5.91 Å². The Labute approximate surface area is 239 Å². The van der Waals surface area contributed by atoms with E-state index in [1.807, 2.05) is 12.1 Å². The Kier molecular flexibility index (Phi) is 9.63. The maximum atomic E-state index is 13.4. The molecular formula is C31H35ClN2O6. The SMILES string of the molecule is CCOC(=O)C1=C(C)N(Cc2cccc(C(=O)N3CCCC(C(=O)OCC)C3)c2)C(=O)CC1c1cccc(Cl)c1. The summed E-state index contributed by atoms with van der Waals surface area (Å²) in [5.74, 6) is -1.84. The minimum Gasteiger partial charge on any atom is -0.466 e. The fourth-order valence-corrected chi connectivity index (χ4v) is 5.67. The summed E-state index contributed by atoms with van der Waals surface area (Å²) in [5, 5.41) is 0.525. The number of likely N-dealkylation sites (tertiary alicyclic amines) is 1. The van der Waals surface area contributed by atoms with Crippen LogP contribution in [0.2, 0.25) is 5.02 Å². The van der Waals surface area contributed by atoms with Gasteiger partial charge in [-0.2, -0.15) is 0 Å². The standard InChI is InChI=1S/C31H35ClN2O6/c1-4-39-30(37)24-12-8-14-33(19-24)29(36)23-11-6-9-21(15-23)18-34-20(3)28(31(38)40-5-2)26(17-27(34)35)22-10-7-13-25(32)16-22/h6-7,9-11,13,15-16,24,26H,4-5,8,12,14,17-19H2,1-3H3. The number of hydrogen-bond donors (Lipinski definition) is 0. The normalized spacial score (nSPS) is 19.4. The molecule has 212 valence electrons. The molecule has 2 aliphatic heterocycles. The minimum absolute atomic E-state index is 0.0908. The van der Waals surface area contributed by atoms with Crippen molar-refractivity contribution < 1.29 is 28.7 Å². The lowest BCUT2D eigenvalue weighted by Crippen LogP contribution is -2.42. The van der Waals surface area contributed by atoms with Gasteiger partial charge in [0.15, 0.2) is 0 Å². The van der Waals surface area contributed by atoms with Crippen molar-refractivity contribution in [2.75, 3.05) is 26.3 Å². The molecule has 0 aromatic heterocycles. The van der Waals surface area contributed by atoms with E-state index in [0.29, 0.717) is 48.0 Å². The molecule has 0 radical (unpaired) electrons. The van der Waals surface area contributed by atoms with E-state index in [0.717, 1.165) is 17.5 Å². The van der Waals surface area contributed by atoms with Crippen LogP contribution in [0.25, 0.3) is 0 Å². The third-order valence-corrected chi connectivity index (χ3v) is 7.65. The first-order valence-corrected chi connectivity index (χ1v) is 14.1. The van der Waals surface area contributed by atoms with E-state index in [1.54, 1.807) is 67.0 Å². The molecule has 2 aromatic rings. The van der Waals surface area contributed by atoms with Crippen LogP contribution < -0.4 is 0 Å². The first-order valence-electron chi connectivity index (χ1n) is 13.7. The van der Waals surface area contributed by atoms with Crippen molar-refractivity contribution >= 4 is 35.4 Å². The Morgan fingerprint density at radius 3 is 2.50 bits per heavy atom. The molecule has 2 atom stereocenters. The average Bonchev–Trinajstić information content (AvgIpc) is 2.95. The fraction of sp³-hybridized carbons (Fsp3) is 0.419. The number of rotatable bonds is 8. The lowest BCUT2D eigenvalue weighted by atomic mass is 9.83. The van der Waals surface area contributed by atoms with Crippen LogP contribution in [0.5, 0.6) is 0 Å². The van der Waals surface area contributed by atoms with Crippen molar-refractivity contribution in [1.29, 1.82) is 0 Å². The van der Waals surface area contributed by atoms with Crippen LogP contribution in [0.1, 0.15) is 67.4 Å². The minimum atomic E-state index is -0.471. The van der Waals surface area contributed by atoms with Crippen molar-refractivity contribution in [3.8, 4) is 0 Å². The van der Waals surface area contributed by atoms with Crippen molar-refractivity contribution in [3.05, 3.63) is 81.5 Å². The lowest BCUT2D eigenvalue weighted by Gasteiger charge is -2.35. The zero-order valence-electron chi connectivity index (χ0n) is 23.2. The van der Waals surface area contributed by atoms with Crippen LogP contribution >= 0.6 is 11.6 Å². The van der Waals surface area contributed by atoms with Gasteiger partial charge in [-0.15, -0.1) is 0 Å². The number of hydrogen-bond acceptors (Lipinski definition) is 6. The van der Waals surface area contributed by atoms with Crippen LogP contribution in [0, 0.1) is 5.92 Å². The van der Waals surface area contributed by atoms with E-state index in [2.05, 4.69) is 0 Å². The van der Waals surface area contributed by atoms with Gasteiger partial charge in [0.2, 0.25) is 5.91 Å². The summed E-state index contributed by atoms with van der Waals surface area (Å²) in [6.45, 7) is 6.87. The van der Waals surface area contributed by atoms with Gasteiger partial charge in [0, 0.05) is 41.7 Å². The topological polar surface area (TPSA) is 93.2 Å². The van der Waals surface area contributed by atoms with Crippen LogP contribution in [-0.4, -0.2) is 59.9 Å². The van der Waals surface area contributed by atoms with Crippen LogP contribution in [0.4, 0.5) is 0 Å². The Morgan fingerprint density at radius 2 is 1.77 bits per heavy atom. The number of piperidine rings is 1. The van der Waals surface area contributed by atoms with Gasteiger partial charge >= 0.3 is 11.9 Å². The number of ether oxygens (including phenoxy) is 2. The molecular weight excluding hydrogens is 532 g/mol. The highest BCUT2D eigenvalue weighted by atomic mass is 35.5. The summed E-state index contributed by atoms with van der Waals surface area (Å²) in [4.78, 5) is 55.4. The second-order valence-corrected chi connectivity index (χ2v) is 10.5. The molecule has 2 heterocycles. The molecule has 2 aromatic carbocycles. The first-order chi connectivity index (χ1) is 19.2. The Hall–Kier alpha value is -3.65. The number of allylic oxidation sites excluding steroid dienone is 1. The number of benzene rings is 2. The van der Waals surface area contributed by atoms with Crippen LogP contribution in [0.3, 0.4) is 0 Å². The van der Waals surface area contributed by atoms with E-state index in [4.69, 9.17) is 21.1 Å². The van der Waals surface area contributed by atoms with Crippen LogP contribution in [-0.2, 0) is 30.4 Å². The summed E-state index contributed by atoms with van der Waals surface area (Å²) < 4.78 is 10.5.